The van der Waals surface area contributed by atoms with E-state index in [1.54, 1.807) is 7.11 Å². The average molecular weight is 213 g/mol. The van der Waals surface area contributed by atoms with Gasteiger partial charge in [0.15, 0.2) is 0 Å². The predicted octanol–water partition coefficient (Wildman–Crippen LogP) is 3.37. The molecule has 0 bridgehead atoms. The van der Waals surface area contributed by atoms with Crippen LogP contribution in [0.5, 0.6) is 5.75 Å². The largest absolute Gasteiger partial charge is 0.496 e. The van der Waals surface area contributed by atoms with Crippen molar-refractivity contribution >= 4 is 0 Å². The van der Waals surface area contributed by atoms with E-state index in [1.807, 2.05) is 37.4 Å². The third-order valence-electron chi connectivity index (χ3n) is 2.76. The van der Waals surface area contributed by atoms with Gasteiger partial charge in [-0.05, 0) is 31.5 Å². The molecule has 1 aromatic heterocycles. The van der Waals surface area contributed by atoms with E-state index in [-0.39, 0.29) is 0 Å². The van der Waals surface area contributed by atoms with Gasteiger partial charge in [0.05, 0.1) is 7.11 Å². The average Bonchev–Trinajstić information content (AvgIpc) is 2.32. The number of hydrogen-bond acceptors (Lipinski definition) is 2. The molecule has 1 aromatic carbocycles. The summed E-state index contributed by atoms with van der Waals surface area (Å²) in [6, 6.07) is 10.1. The molecule has 0 saturated heterocycles. The van der Waals surface area contributed by atoms with Crippen molar-refractivity contribution in [2.45, 2.75) is 13.8 Å². The Morgan fingerprint density at radius 1 is 1.12 bits per heavy atom. The first kappa shape index (κ1) is 10.7. The van der Waals surface area contributed by atoms with E-state index >= 15 is 0 Å². The quantitative estimate of drug-likeness (QED) is 0.763. The van der Waals surface area contributed by atoms with Gasteiger partial charge in [-0.3, -0.25) is 4.98 Å². The lowest BCUT2D eigenvalue weighted by Gasteiger charge is -2.09. The highest BCUT2D eigenvalue weighted by molar-refractivity contribution is 5.70. The van der Waals surface area contributed by atoms with Crippen LogP contribution in [0.4, 0.5) is 0 Å². The SMILES string of the molecule is COc1ccccc1-c1cnc(C)c(C)c1. The van der Waals surface area contributed by atoms with E-state index in [1.165, 1.54) is 5.56 Å². The van der Waals surface area contributed by atoms with Crippen LogP contribution in [0.25, 0.3) is 11.1 Å². The van der Waals surface area contributed by atoms with Crippen molar-refractivity contribution in [3.63, 3.8) is 0 Å². The van der Waals surface area contributed by atoms with Crippen LogP contribution >= 0.6 is 0 Å². The van der Waals surface area contributed by atoms with Gasteiger partial charge in [0.2, 0.25) is 0 Å². The lowest BCUT2D eigenvalue weighted by Crippen LogP contribution is -1.91. The van der Waals surface area contributed by atoms with E-state index < -0.39 is 0 Å². The van der Waals surface area contributed by atoms with Crippen molar-refractivity contribution in [3.8, 4) is 16.9 Å². The molecular formula is C14H15NO. The summed E-state index contributed by atoms with van der Waals surface area (Å²) in [7, 11) is 1.69. The minimum Gasteiger partial charge on any atom is -0.496 e. The maximum Gasteiger partial charge on any atom is 0.126 e. The fourth-order valence-corrected chi connectivity index (χ4v) is 1.67. The van der Waals surface area contributed by atoms with Crippen molar-refractivity contribution in [1.82, 2.24) is 4.98 Å². The molecule has 0 aliphatic rings. The molecule has 0 aliphatic carbocycles. The second-order valence-corrected chi connectivity index (χ2v) is 3.83. The summed E-state index contributed by atoms with van der Waals surface area (Å²) in [5.74, 6) is 0.882. The first-order chi connectivity index (χ1) is 7.72. The van der Waals surface area contributed by atoms with Crippen LogP contribution in [0.3, 0.4) is 0 Å². The smallest absolute Gasteiger partial charge is 0.126 e. The minimum absolute atomic E-state index is 0.882. The molecule has 0 saturated carbocycles. The zero-order valence-corrected chi connectivity index (χ0v) is 9.82. The summed E-state index contributed by atoms with van der Waals surface area (Å²) in [6.45, 7) is 4.09. The number of aryl methyl sites for hydroxylation is 2. The number of methoxy groups -OCH3 is 1. The lowest BCUT2D eigenvalue weighted by atomic mass is 10.0. The van der Waals surface area contributed by atoms with E-state index in [0.717, 1.165) is 22.6 Å². The molecule has 2 aromatic rings. The number of nitrogens with zero attached hydrogens (tertiary/aromatic N) is 1. The van der Waals surface area contributed by atoms with Crippen LogP contribution in [0.15, 0.2) is 36.5 Å². The van der Waals surface area contributed by atoms with Gasteiger partial charge >= 0.3 is 0 Å². The number of ether oxygens (including phenoxy) is 1. The number of pyridine rings is 1. The maximum atomic E-state index is 5.34. The van der Waals surface area contributed by atoms with Crippen LogP contribution in [-0.4, -0.2) is 12.1 Å². The Morgan fingerprint density at radius 3 is 2.56 bits per heavy atom. The van der Waals surface area contributed by atoms with Crippen LogP contribution in [0.1, 0.15) is 11.3 Å². The Bertz CT molecular complexity index is 506. The molecule has 0 fully saturated rings. The number of para-hydroxylation sites is 1. The summed E-state index contributed by atoms with van der Waals surface area (Å²) in [4.78, 5) is 4.37. The number of aromatic nitrogens is 1. The first-order valence-electron chi connectivity index (χ1n) is 5.29. The zero-order valence-electron chi connectivity index (χ0n) is 9.82. The summed E-state index contributed by atoms with van der Waals surface area (Å²) < 4.78 is 5.34. The molecule has 2 rings (SSSR count). The molecule has 0 atom stereocenters. The minimum atomic E-state index is 0.882. The van der Waals surface area contributed by atoms with E-state index in [9.17, 15) is 0 Å². The van der Waals surface area contributed by atoms with Gasteiger partial charge in [0, 0.05) is 23.0 Å². The zero-order chi connectivity index (χ0) is 11.5. The van der Waals surface area contributed by atoms with Gasteiger partial charge in [-0.2, -0.15) is 0 Å². The molecular weight excluding hydrogens is 198 g/mol. The molecule has 1 heterocycles. The number of benzene rings is 1. The van der Waals surface area contributed by atoms with Crippen LogP contribution in [0, 0.1) is 13.8 Å². The summed E-state index contributed by atoms with van der Waals surface area (Å²) in [6.07, 6.45) is 1.89. The Balaban J connectivity index is 2.54. The Morgan fingerprint density at radius 2 is 1.88 bits per heavy atom. The number of rotatable bonds is 2. The third kappa shape index (κ3) is 1.91. The van der Waals surface area contributed by atoms with Gasteiger partial charge in [-0.15, -0.1) is 0 Å². The molecule has 16 heavy (non-hydrogen) atoms. The summed E-state index contributed by atoms with van der Waals surface area (Å²) in [5.41, 5.74) is 4.45. The normalized spacial score (nSPS) is 10.2. The van der Waals surface area contributed by atoms with Crippen LogP contribution in [0.2, 0.25) is 0 Å². The first-order valence-corrected chi connectivity index (χ1v) is 5.29. The highest BCUT2D eigenvalue weighted by Gasteiger charge is 2.05. The maximum absolute atomic E-state index is 5.34. The van der Waals surface area contributed by atoms with Crippen LogP contribution in [-0.2, 0) is 0 Å². The second kappa shape index (κ2) is 4.35. The Kier molecular flexibility index (Phi) is 2.91. The second-order valence-electron chi connectivity index (χ2n) is 3.83. The third-order valence-corrected chi connectivity index (χ3v) is 2.76. The molecule has 2 heteroatoms. The monoisotopic (exact) mass is 213 g/mol. The van der Waals surface area contributed by atoms with E-state index in [0.29, 0.717) is 0 Å². The van der Waals surface area contributed by atoms with Crippen LogP contribution < -0.4 is 4.74 Å². The van der Waals surface area contributed by atoms with Gasteiger partial charge in [0.1, 0.15) is 5.75 Å². The van der Waals surface area contributed by atoms with Crippen molar-refractivity contribution in [3.05, 3.63) is 47.8 Å². The fourth-order valence-electron chi connectivity index (χ4n) is 1.67. The van der Waals surface area contributed by atoms with Gasteiger partial charge in [-0.1, -0.05) is 18.2 Å². The Labute approximate surface area is 95.9 Å². The molecule has 0 radical (unpaired) electrons. The Hall–Kier alpha value is -1.83. The highest BCUT2D eigenvalue weighted by Crippen LogP contribution is 2.29. The van der Waals surface area contributed by atoms with E-state index in [4.69, 9.17) is 4.74 Å². The lowest BCUT2D eigenvalue weighted by molar-refractivity contribution is 0.416. The number of hydrogen-bond donors (Lipinski definition) is 0. The predicted molar refractivity (Wildman–Crippen MR) is 65.7 cm³/mol. The van der Waals surface area contributed by atoms with Crippen molar-refractivity contribution < 1.29 is 4.74 Å². The molecule has 0 aliphatic heterocycles. The summed E-state index contributed by atoms with van der Waals surface area (Å²) in [5, 5.41) is 0. The van der Waals surface area contributed by atoms with Crippen molar-refractivity contribution in [2.75, 3.05) is 7.11 Å². The van der Waals surface area contributed by atoms with Crippen molar-refractivity contribution in [1.29, 1.82) is 0 Å². The van der Waals surface area contributed by atoms with Gasteiger partial charge in [-0.25, -0.2) is 0 Å². The fraction of sp³-hybridized carbons (Fsp3) is 0.214. The highest BCUT2D eigenvalue weighted by atomic mass is 16.5. The molecule has 0 amide bonds. The van der Waals surface area contributed by atoms with Gasteiger partial charge in [0.25, 0.3) is 0 Å². The summed E-state index contributed by atoms with van der Waals surface area (Å²) >= 11 is 0. The molecule has 0 spiro atoms. The molecule has 0 N–H and O–H groups in total. The van der Waals surface area contributed by atoms with Gasteiger partial charge < -0.3 is 4.74 Å². The standard InChI is InChI=1S/C14H15NO/c1-10-8-12(9-15-11(10)2)13-6-4-5-7-14(13)16-3/h4-9H,1-3H3. The topological polar surface area (TPSA) is 22.1 Å². The molecule has 0 unspecified atom stereocenters. The van der Waals surface area contributed by atoms with E-state index in [2.05, 4.69) is 18.0 Å². The molecule has 82 valence electrons. The van der Waals surface area contributed by atoms with Crippen molar-refractivity contribution in [2.24, 2.45) is 0 Å². The molecule has 2 nitrogen and oxygen atoms in total.